The molecule has 0 aliphatic heterocycles. The Bertz CT molecular complexity index is 473. The van der Waals surface area contributed by atoms with Crippen molar-refractivity contribution in [2.45, 2.75) is 18.9 Å². The predicted octanol–water partition coefficient (Wildman–Crippen LogP) is 1.83. The second-order valence-electron chi connectivity index (χ2n) is 3.92. The van der Waals surface area contributed by atoms with E-state index in [1.54, 1.807) is 0 Å². The zero-order chi connectivity index (χ0) is 11.6. The summed E-state index contributed by atoms with van der Waals surface area (Å²) in [7, 11) is -3.24. The van der Waals surface area contributed by atoms with Gasteiger partial charge in [0.25, 0.3) is 0 Å². The maximum Gasteiger partial charge on any atom is 0.213 e. The van der Waals surface area contributed by atoms with Gasteiger partial charge in [-0.1, -0.05) is 24.3 Å². The fourth-order valence-electron chi connectivity index (χ4n) is 2.06. The van der Waals surface area contributed by atoms with E-state index in [1.165, 1.54) is 5.56 Å². The Labute approximate surface area is 101 Å². The van der Waals surface area contributed by atoms with E-state index in [2.05, 4.69) is 4.72 Å². The van der Waals surface area contributed by atoms with Crippen LogP contribution in [0.1, 0.15) is 23.6 Å². The van der Waals surface area contributed by atoms with Crippen molar-refractivity contribution in [3.8, 4) is 0 Å². The van der Waals surface area contributed by atoms with Crippen molar-refractivity contribution < 1.29 is 8.42 Å². The minimum Gasteiger partial charge on any atom is -0.212 e. The summed E-state index contributed by atoms with van der Waals surface area (Å²) < 4.78 is 25.9. The summed E-state index contributed by atoms with van der Waals surface area (Å²) in [6.07, 6.45) is 1.77. The van der Waals surface area contributed by atoms with Crippen LogP contribution >= 0.6 is 11.6 Å². The highest BCUT2D eigenvalue weighted by molar-refractivity contribution is 7.89. The van der Waals surface area contributed by atoms with E-state index in [1.807, 2.05) is 24.3 Å². The lowest BCUT2D eigenvalue weighted by Gasteiger charge is -2.13. The summed E-state index contributed by atoms with van der Waals surface area (Å²) in [5.74, 6) is 0.108. The molecule has 1 aromatic carbocycles. The van der Waals surface area contributed by atoms with Crippen molar-refractivity contribution >= 4 is 21.6 Å². The molecule has 1 aliphatic carbocycles. The lowest BCUT2D eigenvalue weighted by atomic mass is 10.1. The van der Waals surface area contributed by atoms with Gasteiger partial charge < -0.3 is 0 Å². The molecule has 0 bridgehead atoms. The molecule has 1 unspecified atom stereocenters. The van der Waals surface area contributed by atoms with Crippen LogP contribution in [0.2, 0.25) is 0 Å². The zero-order valence-corrected chi connectivity index (χ0v) is 10.4. The molecule has 2 rings (SSSR count). The highest BCUT2D eigenvalue weighted by Crippen LogP contribution is 2.31. The molecule has 0 radical (unpaired) electrons. The summed E-state index contributed by atoms with van der Waals surface area (Å²) in [5.41, 5.74) is 2.33. The topological polar surface area (TPSA) is 46.2 Å². The number of fused-ring (bicyclic) bond motifs is 1. The van der Waals surface area contributed by atoms with E-state index in [4.69, 9.17) is 11.6 Å². The van der Waals surface area contributed by atoms with Crippen molar-refractivity contribution in [1.29, 1.82) is 0 Å². The van der Waals surface area contributed by atoms with E-state index in [0.29, 0.717) is 0 Å². The maximum absolute atomic E-state index is 11.6. The highest BCUT2D eigenvalue weighted by atomic mass is 35.5. The van der Waals surface area contributed by atoms with Gasteiger partial charge in [0.15, 0.2) is 0 Å². The molecule has 1 atom stereocenters. The van der Waals surface area contributed by atoms with E-state index in [0.717, 1.165) is 18.4 Å². The van der Waals surface area contributed by atoms with Crippen LogP contribution in [0, 0.1) is 0 Å². The van der Waals surface area contributed by atoms with Crippen LogP contribution < -0.4 is 4.72 Å². The molecule has 1 N–H and O–H groups in total. The third kappa shape index (κ3) is 2.56. The Morgan fingerprint density at radius 2 is 2.12 bits per heavy atom. The smallest absolute Gasteiger partial charge is 0.212 e. The van der Waals surface area contributed by atoms with Crippen LogP contribution in [0.15, 0.2) is 24.3 Å². The van der Waals surface area contributed by atoms with Crippen LogP contribution in [0.25, 0.3) is 0 Å². The fourth-order valence-corrected chi connectivity index (χ4v) is 3.67. The first-order valence-corrected chi connectivity index (χ1v) is 7.45. The third-order valence-corrected chi connectivity index (χ3v) is 4.60. The summed E-state index contributed by atoms with van der Waals surface area (Å²) in [6, 6.07) is 7.87. The number of alkyl halides is 1. The second kappa shape index (κ2) is 4.73. The summed E-state index contributed by atoms with van der Waals surface area (Å²) in [5, 5.41) is 0. The van der Waals surface area contributed by atoms with Crippen LogP contribution in [0.5, 0.6) is 0 Å². The molecule has 0 heterocycles. The molecule has 0 amide bonds. The van der Waals surface area contributed by atoms with Gasteiger partial charge >= 0.3 is 0 Å². The number of rotatable bonds is 4. The van der Waals surface area contributed by atoms with Gasteiger partial charge in [-0.3, -0.25) is 0 Å². The van der Waals surface area contributed by atoms with E-state index in [-0.39, 0.29) is 17.7 Å². The number of hydrogen-bond acceptors (Lipinski definition) is 2. The average molecular weight is 260 g/mol. The molecule has 88 valence electrons. The van der Waals surface area contributed by atoms with Crippen LogP contribution in [-0.4, -0.2) is 20.1 Å². The van der Waals surface area contributed by atoms with Gasteiger partial charge in [-0.05, 0) is 24.0 Å². The molecule has 5 heteroatoms. The molecule has 0 spiro atoms. The SMILES string of the molecule is O=S(=O)(CCCl)NC1CCc2ccccc21. The largest absolute Gasteiger partial charge is 0.213 e. The molecule has 0 aromatic heterocycles. The number of aryl methyl sites for hydroxylation is 1. The van der Waals surface area contributed by atoms with Gasteiger partial charge in [-0.15, -0.1) is 11.6 Å². The van der Waals surface area contributed by atoms with Gasteiger partial charge in [0.1, 0.15) is 0 Å². The molecule has 0 saturated carbocycles. The molecule has 1 aliphatic rings. The lowest BCUT2D eigenvalue weighted by molar-refractivity contribution is 0.556. The number of sulfonamides is 1. The molecule has 1 aromatic rings. The molecular weight excluding hydrogens is 246 g/mol. The average Bonchev–Trinajstić information content (AvgIpc) is 2.61. The van der Waals surface area contributed by atoms with Crippen LogP contribution in [0.4, 0.5) is 0 Å². The normalized spacial score (nSPS) is 19.7. The Morgan fingerprint density at radius 1 is 1.38 bits per heavy atom. The van der Waals surface area contributed by atoms with Gasteiger partial charge in [-0.25, -0.2) is 13.1 Å². The fraction of sp³-hybridized carbons (Fsp3) is 0.455. The van der Waals surface area contributed by atoms with Gasteiger partial charge in [-0.2, -0.15) is 0 Å². The third-order valence-electron chi connectivity index (χ3n) is 2.80. The predicted molar refractivity (Wildman–Crippen MR) is 65.1 cm³/mol. The molecular formula is C11H14ClNO2S. The first-order chi connectivity index (χ1) is 7.62. The summed E-state index contributed by atoms with van der Waals surface area (Å²) in [6.45, 7) is 0. The maximum atomic E-state index is 11.6. The van der Waals surface area contributed by atoms with Crippen LogP contribution in [0.3, 0.4) is 0 Å². The van der Waals surface area contributed by atoms with Crippen molar-refractivity contribution in [3.63, 3.8) is 0 Å². The first-order valence-electron chi connectivity index (χ1n) is 5.26. The standard InChI is InChI=1S/C11H14ClNO2S/c12-7-8-16(14,15)13-11-6-5-9-3-1-2-4-10(9)11/h1-4,11,13H,5-8H2. The minimum absolute atomic E-state index is 0.0206. The van der Waals surface area contributed by atoms with Gasteiger partial charge in [0.05, 0.1) is 5.75 Å². The Balaban J connectivity index is 2.15. The van der Waals surface area contributed by atoms with E-state index < -0.39 is 10.0 Å². The van der Waals surface area contributed by atoms with Gasteiger partial charge in [0.2, 0.25) is 10.0 Å². The number of halogens is 1. The summed E-state index contributed by atoms with van der Waals surface area (Å²) in [4.78, 5) is 0. The highest BCUT2D eigenvalue weighted by Gasteiger charge is 2.25. The molecule has 16 heavy (non-hydrogen) atoms. The quantitative estimate of drug-likeness (QED) is 0.839. The monoisotopic (exact) mass is 259 g/mol. The summed E-state index contributed by atoms with van der Waals surface area (Å²) >= 11 is 5.45. The van der Waals surface area contributed by atoms with Gasteiger partial charge in [0, 0.05) is 11.9 Å². The lowest BCUT2D eigenvalue weighted by Crippen LogP contribution is -2.30. The Hall–Kier alpha value is -0.580. The number of hydrogen-bond donors (Lipinski definition) is 1. The first kappa shape index (κ1) is 11.9. The van der Waals surface area contributed by atoms with Crippen molar-refractivity contribution in [1.82, 2.24) is 4.72 Å². The molecule has 0 saturated heterocycles. The van der Waals surface area contributed by atoms with Crippen molar-refractivity contribution in [2.24, 2.45) is 0 Å². The Morgan fingerprint density at radius 3 is 2.88 bits per heavy atom. The second-order valence-corrected chi connectivity index (χ2v) is 6.17. The van der Waals surface area contributed by atoms with E-state index in [9.17, 15) is 8.42 Å². The zero-order valence-electron chi connectivity index (χ0n) is 8.82. The molecule has 0 fully saturated rings. The van der Waals surface area contributed by atoms with Crippen LogP contribution in [-0.2, 0) is 16.4 Å². The van der Waals surface area contributed by atoms with Crippen molar-refractivity contribution in [2.75, 3.05) is 11.6 Å². The minimum atomic E-state index is -3.24. The molecule has 3 nitrogen and oxygen atoms in total. The number of benzene rings is 1. The Kier molecular flexibility index (Phi) is 3.52. The van der Waals surface area contributed by atoms with E-state index >= 15 is 0 Å². The number of nitrogens with one attached hydrogen (secondary N) is 1. The van der Waals surface area contributed by atoms with Crippen molar-refractivity contribution in [3.05, 3.63) is 35.4 Å².